The summed E-state index contributed by atoms with van der Waals surface area (Å²) in [7, 11) is -3.57. The van der Waals surface area contributed by atoms with Crippen LogP contribution in [0, 0.1) is 6.92 Å². The van der Waals surface area contributed by atoms with Crippen LogP contribution in [0.3, 0.4) is 0 Å². The SMILES string of the molecule is Cc1ccc(S(=O)(=O)Cc2ccccc2)c(-c2csc(CC(=O)O)n2)c1. The molecule has 0 aliphatic carbocycles. The first kappa shape index (κ1) is 18.3. The van der Waals surface area contributed by atoms with Crippen molar-refractivity contribution in [3.05, 3.63) is 70.0 Å². The maximum Gasteiger partial charge on any atom is 0.310 e. The van der Waals surface area contributed by atoms with Gasteiger partial charge in [0.15, 0.2) is 9.84 Å². The van der Waals surface area contributed by atoms with Crippen molar-refractivity contribution in [2.45, 2.75) is 24.0 Å². The summed E-state index contributed by atoms with van der Waals surface area (Å²) in [6.45, 7) is 1.88. The molecule has 0 unspecified atom stereocenters. The molecule has 0 amide bonds. The Hall–Kier alpha value is -2.51. The van der Waals surface area contributed by atoms with E-state index >= 15 is 0 Å². The number of nitrogens with zero attached hydrogens (tertiary/aromatic N) is 1. The number of thiazole rings is 1. The van der Waals surface area contributed by atoms with Gasteiger partial charge in [-0.2, -0.15) is 0 Å². The second kappa shape index (κ2) is 7.39. The lowest BCUT2D eigenvalue weighted by Gasteiger charge is -2.10. The minimum Gasteiger partial charge on any atom is -0.481 e. The molecule has 0 saturated carbocycles. The lowest BCUT2D eigenvalue weighted by atomic mass is 10.1. The lowest BCUT2D eigenvalue weighted by molar-refractivity contribution is -0.136. The Morgan fingerprint density at radius 2 is 1.88 bits per heavy atom. The van der Waals surface area contributed by atoms with Crippen LogP contribution in [0.5, 0.6) is 0 Å². The van der Waals surface area contributed by atoms with Crippen LogP contribution in [0.1, 0.15) is 16.1 Å². The molecule has 1 aromatic heterocycles. The Labute approximate surface area is 155 Å². The molecule has 7 heteroatoms. The van der Waals surface area contributed by atoms with Crippen molar-refractivity contribution in [2.24, 2.45) is 0 Å². The molecule has 0 bridgehead atoms. The van der Waals surface area contributed by atoms with Gasteiger partial charge in [-0.05, 0) is 24.6 Å². The quantitative estimate of drug-likeness (QED) is 0.697. The van der Waals surface area contributed by atoms with Crippen molar-refractivity contribution in [2.75, 3.05) is 0 Å². The van der Waals surface area contributed by atoms with E-state index in [2.05, 4.69) is 4.98 Å². The van der Waals surface area contributed by atoms with E-state index in [1.54, 1.807) is 47.8 Å². The number of carboxylic acid groups (broad SMARTS) is 1. The topological polar surface area (TPSA) is 84.3 Å². The monoisotopic (exact) mass is 387 g/mol. The van der Waals surface area contributed by atoms with E-state index in [9.17, 15) is 13.2 Å². The molecule has 26 heavy (non-hydrogen) atoms. The van der Waals surface area contributed by atoms with Crippen LogP contribution >= 0.6 is 11.3 Å². The van der Waals surface area contributed by atoms with Gasteiger partial charge < -0.3 is 5.11 Å². The van der Waals surface area contributed by atoms with Crippen LogP contribution in [-0.4, -0.2) is 24.5 Å². The number of carbonyl (C=O) groups is 1. The first-order valence-corrected chi connectivity index (χ1v) is 10.4. The smallest absolute Gasteiger partial charge is 0.310 e. The van der Waals surface area contributed by atoms with Crippen LogP contribution in [0.15, 0.2) is 58.8 Å². The number of aliphatic carboxylic acids is 1. The number of sulfone groups is 1. The van der Waals surface area contributed by atoms with Gasteiger partial charge in [0.2, 0.25) is 0 Å². The molecule has 0 atom stereocenters. The molecule has 0 aliphatic rings. The van der Waals surface area contributed by atoms with Gasteiger partial charge in [0.25, 0.3) is 0 Å². The Kier molecular flexibility index (Phi) is 5.20. The molecule has 5 nitrogen and oxygen atoms in total. The second-order valence-corrected chi connectivity index (χ2v) is 8.84. The molecular formula is C19H17NO4S2. The third-order valence-corrected chi connectivity index (χ3v) is 6.39. The van der Waals surface area contributed by atoms with Crippen molar-refractivity contribution < 1.29 is 18.3 Å². The highest BCUT2D eigenvalue weighted by Gasteiger charge is 2.22. The molecule has 0 aliphatic heterocycles. The van der Waals surface area contributed by atoms with Crippen molar-refractivity contribution in [1.82, 2.24) is 4.98 Å². The molecule has 0 saturated heterocycles. The highest BCUT2D eigenvalue weighted by atomic mass is 32.2. The van der Waals surface area contributed by atoms with Crippen LogP contribution in [0.25, 0.3) is 11.3 Å². The fraction of sp³-hybridized carbons (Fsp3) is 0.158. The van der Waals surface area contributed by atoms with Gasteiger partial charge in [-0.25, -0.2) is 13.4 Å². The average molecular weight is 387 g/mol. The van der Waals surface area contributed by atoms with Gasteiger partial charge in [-0.15, -0.1) is 11.3 Å². The molecular weight excluding hydrogens is 370 g/mol. The molecule has 3 aromatic rings. The third-order valence-electron chi connectivity index (χ3n) is 3.80. The number of benzene rings is 2. The predicted octanol–water partition coefficient (Wildman–Crippen LogP) is 3.72. The zero-order valence-electron chi connectivity index (χ0n) is 14.0. The molecule has 1 heterocycles. The predicted molar refractivity (Wildman–Crippen MR) is 101 cm³/mol. The molecule has 0 spiro atoms. The third kappa shape index (κ3) is 4.17. The van der Waals surface area contributed by atoms with Gasteiger partial charge in [0.05, 0.1) is 22.8 Å². The Balaban J connectivity index is 2.03. The summed E-state index contributed by atoms with van der Waals surface area (Å²) in [5.74, 6) is -1.07. The van der Waals surface area contributed by atoms with E-state index in [0.29, 0.717) is 21.8 Å². The maximum atomic E-state index is 13.0. The van der Waals surface area contributed by atoms with Crippen LogP contribution in [-0.2, 0) is 26.8 Å². The van der Waals surface area contributed by atoms with E-state index < -0.39 is 15.8 Å². The standard InChI is InChI=1S/C19H17NO4S2/c1-13-7-8-17(26(23,24)12-14-5-3-2-4-6-14)15(9-13)16-11-25-18(20-16)10-19(21)22/h2-9,11H,10,12H2,1H3,(H,21,22). The van der Waals surface area contributed by atoms with Crippen molar-refractivity contribution in [1.29, 1.82) is 0 Å². The second-order valence-electron chi connectivity index (χ2n) is 5.94. The van der Waals surface area contributed by atoms with Crippen molar-refractivity contribution >= 4 is 27.1 Å². The van der Waals surface area contributed by atoms with Crippen molar-refractivity contribution in [3.8, 4) is 11.3 Å². The fourth-order valence-electron chi connectivity index (χ4n) is 2.63. The van der Waals surface area contributed by atoms with Crippen LogP contribution in [0.4, 0.5) is 0 Å². The van der Waals surface area contributed by atoms with Gasteiger partial charge >= 0.3 is 5.97 Å². The summed E-state index contributed by atoms with van der Waals surface area (Å²) in [6, 6.07) is 14.1. The largest absolute Gasteiger partial charge is 0.481 e. The summed E-state index contributed by atoms with van der Waals surface area (Å²) < 4.78 is 25.9. The normalized spacial score (nSPS) is 11.4. The minimum absolute atomic E-state index is 0.101. The summed E-state index contributed by atoms with van der Waals surface area (Å²) in [6.07, 6.45) is -0.178. The lowest BCUT2D eigenvalue weighted by Crippen LogP contribution is -2.07. The van der Waals surface area contributed by atoms with Gasteiger partial charge in [-0.3, -0.25) is 4.79 Å². The molecule has 0 fully saturated rings. The number of aryl methyl sites for hydroxylation is 1. The first-order valence-electron chi connectivity index (χ1n) is 7.89. The zero-order valence-corrected chi connectivity index (χ0v) is 15.7. The van der Waals surface area contributed by atoms with E-state index in [4.69, 9.17) is 5.11 Å². The number of carboxylic acids is 1. The highest BCUT2D eigenvalue weighted by molar-refractivity contribution is 7.90. The van der Waals surface area contributed by atoms with Crippen molar-refractivity contribution in [3.63, 3.8) is 0 Å². The Morgan fingerprint density at radius 1 is 1.15 bits per heavy atom. The summed E-state index contributed by atoms with van der Waals surface area (Å²) >= 11 is 1.22. The van der Waals surface area contributed by atoms with Crippen LogP contribution < -0.4 is 0 Å². The summed E-state index contributed by atoms with van der Waals surface area (Å²) in [5.41, 5.74) is 2.62. The van der Waals surface area contributed by atoms with Gasteiger partial charge in [0.1, 0.15) is 5.01 Å². The highest BCUT2D eigenvalue weighted by Crippen LogP contribution is 2.31. The summed E-state index contributed by atoms with van der Waals surface area (Å²) in [5, 5.41) is 11.1. The molecule has 1 N–H and O–H groups in total. The average Bonchev–Trinajstić information content (AvgIpc) is 3.02. The molecule has 0 radical (unpaired) electrons. The van der Waals surface area contributed by atoms with E-state index in [1.165, 1.54) is 11.3 Å². The fourth-order valence-corrected chi connectivity index (χ4v) is 4.98. The summed E-state index contributed by atoms with van der Waals surface area (Å²) in [4.78, 5) is 15.4. The molecule has 3 rings (SSSR count). The maximum absolute atomic E-state index is 13.0. The van der Waals surface area contributed by atoms with Crippen LogP contribution in [0.2, 0.25) is 0 Å². The van der Waals surface area contributed by atoms with E-state index in [0.717, 1.165) is 5.56 Å². The number of hydrogen-bond acceptors (Lipinski definition) is 5. The number of hydrogen-bond donors (Lipinski definition) is 1. The number of aromatic nitrogens is 1. The van der Waals surface area contributed by atoms with Gasteiger partial charge in [-0.1, -0.05) is 42.0 Å². The molecule has 2 aromatic carbocycles. The molecule has 134 valence electrons. The van der Waals surface area contributed by atoms with Gasteiger partial charge in [0, 0.05) is 10.9 Å². The Morgan fingerprint density at radius 3 is 2.58 bits per heavy atom. The number of rotatable bonds is 6. The van der Waals surface area contributed by atoms with E-state index in [1.807, 2.05) is 13.0 Å². The first-order chi connectivity index (χ1) is 12.3. The zero-order chi connectivity index (χ0) is 18.7. The minimum atomic E-state index is -3.57. The van der Waals surface area contributed by atoms with E-state index in [-0.39, 0.29) is 17.1 Å². The Bertz CT molecular complexity index is 1040.